The third-order valence-corrected chi connectivity index (χ3v) is 2.27. The molecule has 0 radical (unpaired) electrons. The SMILES string of the molecule is N#Cc1cc(N)n(-c2cccc(C(F)(F)F)c2)n1. The van der Waals surface area contributed by atoms with Crippen LogP contribution in [0.2, 0.25) is 0 Å². The summed E-state index contributed by atoms with van der Waals surface area (Å²) >= 11 is 0. The molecule has 0 saturated heterocycles. The number of halogens is 3. The zero-order chi connectivity index (χ0) is 13.3. The first-order chi connectivity index (χ1) is 8.41. The molecule has 2 N–H and O–H groups in total. The van der Waals surface area contributed by atoms with Gasteiger partial charge in [-0.1, -0.05) is 6.07 Å². The van der Waals surface area contributed by atoms with E-state index in [1.54, 1.807) is 6.07 Å². The fourth-order valence-electron chi connectivity index (χ4n) is 1.47. The minimum absolute atomic E-state index is 0.0462. The lowest BCUT2D eigenvalue weighted by molar-refractivity contribution is -0.137. The summed E-state index contributed by atoms with van der Waals surface area (Å²) in [7, 11) is 0. The summed E-state index contributed by atoms with van der Waals surface area (Å²) in [6.07, 6.45) is -4.43. The highest BCUT2D eigenvalue weighted by Gasteiger charge is 2.30. The highest BCUT2D eigenvalue weighted by Crippen LogP contribution is 2.30. The van der Waals surface area contributed by atoms with Gasteiger partial charge in [-0.15, -0.1) is 0 Å². The molecule has 0 aliphatic rings. The number of nitrogens with two attached hydrogens (primary N) is 1. The zero-order valence-electron chi connectivity index (χ0n) is 8.94. The number of nitrogen functional groups attached to an aromatic ring is 1. The van der Waals surface area contributed by atoms with E-state index < -0.39 is 11.7 Å². The molecule has 0 bridgehead atoms. The number of nitriles is 1. The molecular weight excluding hydrogens is 245 g/mol. The molecule has 7 heteroatoms. The van der Waals surface area contributed by atoms with Gasteiger partial charge in [0.15, 0.2) is 5.69 Å². The Kier molecular flexibility index (Phi) is 2.71. The van der Waals surface area contributed by atoms with E-state index in [4.69, 9.17) is 11.0 Å². The van der Waals surface area contributed by atoms with Crippen molar-refractivity contribution < 1.29 is 13.2 Å². The van der Waals surface area contributed by atoms with Crippen LogP contribution in [0.3, 0.4) is 0 Å². The number of nitrogens with zero attached hydrogens (tertiary/aromatic N) is 3. The topological polar surface area (TPSA) is 67.6 Å². The van der Waals surface area contributed by atoms with Crippen molar-refractivity contribution in [3.8, 4) is 11.8 Å². The smallest absolute Gasteiger partial charge is 0.384 e. The van der Waals surface area contributed by atoms with Crippen LogP contribution in [-0.2, 0) is 6.18 Å². The summed E-state index contributed by atoms with van der Waals surface area (Å²) < 4.78 is 38.7. The predicted octanol–water partition coefficient (Wildman–Crippen LogP) is 2.34. The second-order valence-electron chi connectivity index (χ2n) is 3.53. The molecule has 92 valence electrons. The van der Waals surface area contributed by atoms with Gasteiger partial charge in [0.25, 0.3) is 0 Å². The standard InChI is InChI=1S/C11H7F3N4/c12-11(13,14)7-2-1-3-9(4-7)18-10(16)5-8(6-15)17-18/h1-5H,16H2. The maximum atomic E-state index is 12.5. The minimum Gasteiger partial charge on any atom is -0.384 e. The molecule has 1 aromatic carbocycles. The third-order valence-electron chi connectivity index (χ3n) is 2.27. The van der Waals surface area contributed by atoms with Gasteiger partial charge in [-0.2, -0.15) is 23.5 Å². The summed E-state index contributed by atoms with van der Waals surface area (Å²) in [6.45, 7) is 0. The van der Waals surface area contributed by atoms with Gasteiger partial charge < -0.3 is 5.73 Å². The Hall–Kier alpha value is -2.49. The molecule has 0 saturated carbocycles. The number of hydrogen-bond acceptors (Lipinski definition) is 3. The highest BCUT2D eigenvalue weighted by molar-refractivity contribution is 5.46. The molecule has 1 heterocycles. The van der Waals surface area contributed by atoms with Gasteiger partial charge in [0.2, 0.25) is 0 Å². The lowest BCUT2D eigenvalue weighted by atomic mass is 10.2. The van der Waals surface area contributed by atoms with E-state index in [1.165, 1.54) is 18.2 Å². The Morgan fingerprint density at radius 1 is 1.28 bits per heavy atom. The lowest BCUT2D eigenvalue weighted by Gasteiger charge is -2.09. The van der Waals surface area contributed by atoms with Gasteiger partial charge in [-0.3, -0.25) is 0 Å². The maximum absolute atomic E-state index is 12.5. The van der Waals surface area contributed by atoms with Crippen LogP contribution in [0.4, 0.5) is 19.0 Å². The van der Waals surface area contributed by atoms with E-state index >= 15 is 0 Å². The van der Waals surface area contributed by atoms with Crippen LogP contribution < -0.4 is 5.73 Å². The van der Waals surface area contributed by atoms with Crippen molar-refractivity contribution in [2.75, 3.05) is 5.73 Å². The van der Waals surface area contributed by atoms with Crippen molar-refractivity contribution in [3.63, 3.8) is 0 Å². The molecular formula is C11H7F3N4. The normalized spacial score (nSPS) is 11.2. The number of benzene rings is 1. The molecule has 0 aliphatic heterocycles. The molecule has 1 aromatic heterocycles. The highest BCUT2D eigenvalue weighted by atomic mass is 19.4. The van der Waals surface area contributed by atoms with E-state index in [-0.39, 0.29) is 17.2 Å². The molecule has 18 heavy (non-hydrogen) atoms. The predicted molar refractivity (Wildman–Crippen MR) is 57.7 cm³/mol. The van der Waals surface area contributed by atoms with Crippen LogP contribution in [0.5, 0.6) is 0 Å². The van der Waals surface area contributed by atoms with Crippen molar-refractivity contribution in [2.45, 2.75) is 6.18 Å². The second kappa shape index (κ2) is 4.07. The molecule has 0 aliphatic carbocycles. The lowest BCUT2D eigenvalue weighted by Crippen LogP contribution is -2.07. The van der Waals surface area contributed by atoms with Crippen LogP contribution >= 0.6 is 0 Å². The number of hydrogen-bond donors (Lipinski definition) is 1. The van der Waals surface area contributed by atoms with Crippen molar-refractivity contribution in [2.24, 2.45) is 0 Å². The van der Waals surface area contributed by atoms with Gasteiger partial charge in [0.1, 0.15) is 11.9 Å². The Bertz CT molecular complexity index is 622. The van der Waals surface area contributed by atoms with Crippen LogP contribution in [0.1, 0.15) is 11.3 Å². The monoisotopic (exact) mass is 252 g/mol. The number of aromatic nitrogens is 2. The van der Waals surface area contributed by atoms with Crippen molar-refractivity contribution in [3.05, 3.63) is 41.6 Å². The summed E-state index contributed by atoms with van der Waals surface area (Å²) in [4.78, 5) is 0. The Morgan fingerprint density at radius 3 is 2.56 bits per heavy atom. The van der Waals surface area contributed by atoms with Crippen LogP contribution in [0.15, 0.2) is 30.3 Å². The number of alkyl halides is 3. The Labute approximate surface area is 100 Å². The summed E-state index contributed by atoms with van der Waals surface area (Å²) in [5.41, 5.74) is 4.98. The first-order valence-corrected chi connectivity index (χ1v) is 4.85. The molecule has 2 aromatic rings. The first-order valence-electron chi connectivity index (χ1n) is 4.85. The molecule has 2 rings (SSSR count). The van der Waals surface area contributed by atoms with Gasteiger partial charge in [0.05, 0.1) is 11.3 Å². The first kappa shape index (κ1) is 12.0. The van der Waals surface area contributed by atoms with Gasteiger partial charge in [-0.05, 0) is 18.2 Å². The molecule has 4 nitrogen and oxygen atoms in total. The molecule has 0 spiro atoms. The number of anilines is 1. The zero-order valence-corrected chi connectivity index (χ0v) is 8.94. The molecule has 0 fully saturated rings. The second-order valence-corrected chi connectivity index (χ2v) is 3.53. The van der Waals surface area contributed by atoms with E-state index in [9.17, 15) is 13.2 Å². The Balaban J connectivity index is 2.52. The van der Waals surface area contributed by atoms with Crippen LogP contribution in [0.25, 0.3) is 5.69 Å². The van der Waals surface area contributed by atoms with E-state index in [0.717, 1.165) is 16.8 Å². The van der Waals surface area contributed by atoms with E-state index in [0.29, 0.717) is 0 Å². The van der Waals surface area contributed by atoms with Gasteiger partial charge in [-0.25, -0.2) is 4.68 Å². The quantitative estimate of drug-likeness (QED) is 0.847. The van der Waals surface area contributed by atoms with Crippen molar-refractivity contribution >= 4 is 5.82 Å². The fraction of sp³-hybridized carbons (Fsp3) is 0.0909. The molecule has 0 unspecified atom stereocenters. The largest absolute Gasteiger partial charge is 0.416 e. The Morgan fingerprint density at radius 2 is 2.00 bits per heavy atom. The molecule has 0 amide bonds. The third kappa shape index (κ3) is 2.13. The van der Waals surface area contributed by atoms with Gasteiger partial charge >= 0.3 is 6.18 Å². The van der Waals surface area contributed by atoms with Crippen molar-refractivity contribution in [1.82, 2.24) is 9.78 Å². The summed E-state index contributed by atoms with van der Waals surface area (Å²) in [5.74, 6) is 0.103. The maximum Gasteiger partial charge on any atom is 0.416 e. The fourth-order valence-corrected chi connectivity index (χ4v) is 1.47. The van der Waals surface area contributed by atoms with Crippen molar-refractivity contribution in [1.29, 1.82) is 5.26 Å². The van der Waals surface area contributed by atoms with E-state index in [2.05, 4.69) is 5.10 Å². The van der Waals surface area contributed by atoms with E-state index in [1.807, 2.05) is 0 Å². The minimum atomic E-state index is -4.43. The van der Waals surface area contributed by atoms with Gasteiger partial charge in [0, 0.05) is 6.07 Å². The van der Waals surface area contributed by atoms with Crippen LogP contribution in [0, 0.1) is 11.3 Å². The summed E-state index contributed by atoms with van der Waals surface area (Å²) in [6, 6.07) is 7.62. The average Bonchev–Trinajstić information content (AvgIpc) is 2.70. The summed E-state index contributed by atoms with van der Waals surface area (Å²) in [5, 5.41) is 12.4. The number of rotatable bonds is 1. The average molecular weight is 252 g/mol. The molecule has 0 atom stereocenters. The van der Waals surface area contributed by atoms with Crippen LogP contribution in [-0.4, -0.2) is 9.78 Å².